The maximum Gasteiger partial charge on any atom is 0.242 e. The summed E-state index contributed by atoms with van der Waals surface area (Å²) >= 11 is 1.54. The first-order valence-electron chi connectivity index (χ1n) is 9.61. The maximum atomic E-state index is 12.4. The van der Waals surface area contributed by atoms with E-state index in [2.05, 4.69) is 36.4 Å². The number of hydrogen-bond donors (Lipinski definition) is 3. The monoisotopic (exact) mass is 419 g/mol. The molecule has 0 aromatic heterocycles. The summed E-state index contributed by atoms with van der Waals surface area (Å²) in [4.78, 5) is 23.8. The minimum absolute atomic E-state index is 0.262. The molecule has 0 aliphatic carbocycles. The highest BCUT2D eigenvalue weighted by molar-refractivity contribution is 8.00. The van der Waals surface area contributed by atoms with Crippen LogP contribution in [0.5, 0.6) is 0 Å². The molecule has 0 bridgehead atoms. The number of carbonyl (C=O) groups is 2. The van der Waals surface area contributed by atoms with Gasteiger partial charge in [-0.15, -0.1) is 11.8 Å². The van der Waals surface area contributed by atoms with Crippen molar-refractivity contribution >= 4 is 23.5 Å². The van der Waals surface area contributed by atoms with Crippen LogP contribution in [-0.4, -0.2) is 29.5 Å². The second-order valence-electron chi connectivity index (χ2n) is 6.98. The number of ketones is 1. The quantitative estimate of drug-likeness (QED) is 0.364. The highest BCUT2D eigenvalue weighted by Gasteiger charge is 2.38. The fourth-order valence-electron chi connectivity index (χ4n) is 3.44. The smallest absolute Gasteiger partial charge is 0.242 e. The Kier molecular flexibility index (Phi) is 7.05. The average molecular weight is 420 g/mol. The average Bonchev–Trinajstić information content (AvgIpc) is 2.80. The molecule has 0 heterocycles. The molecule has 0 spiro atoms. The molecule has 0 fully saturated rings. The van der Waals surface area contributed by atoms with Gasteiger partial charge in [-0.25, -0.2) is 0 Å². The van der Waals surface area contributed by atoms with Crippen LogP contribution in [0.1, 0.15) is 16.7 Å². The summed E-state index contributed by atoms with van der Waals surface area (Å²) < 4.78 is -0.599. The Morgan fingerprint density at radius 2 is 1.10 bits per heavy atom. The molecule has 3 aromatic carbocycles. The first-order valence-corrected chi connectivity index (χ1v) is 10.6. The third kappa shape index (κ3) is 4.46. The zero-order valence-corrected chi connectivity index (χ0v) is 17.3. The molecule has 0 radical (unpaired) electrons. The van der Waals surface area contributed by atoms with Crippen molar-refractivity contribution in [1.82, 2.24) is 0 Å². The van der Waals surface area contributed by atoms with Gasteiger partial charge >= 0.3 is 0 Å². The van der Waals surface area contributed by atoms with Crippen molar-refractivity contribution in [1.29, 1.82) is 0 Å². The summed E-state index contributed by atoms with van der Waals surface area (Å²) in [7, 11) is 0. The first-order chi connectivity index (χ1) is 14.5. The van der Waals surface area contributed by atoms with Gasteiger partial charge in [0.05, 0.1) is 10.8 Å². The van der Waals surface area contributed by atoms with Crippen molar-refractivity contribution < 1.29 is 9.59 Å². The molecule has 30 heavy (non-hydrogen) atoms. The van der Waals surface area contributed by atoms with E-state index < -0.39 is 28.5 Å². The van der Waals surface area contributed by atoms with E-state index in [1.54, 1.807) is 11.8 Å². The SMILES string of the molecule is NC(=O)C(N)C(=O)C(N)CSC(c1ccccc1)(c1ccccc1)c1ccccc1. The van der Waals surface area contributed by atoms with Crippen LogP contribution >= 0.6 is 11.8 Å². The summed E-state index contributed by atoms with van der Waals surface area (Å²) in [6.07, 6.45) is 0. The van der Waals surface area contributed by atoms with Gasteiger partial charge in [-0.1, -0.05) is 91.0 Å². The minimum Gasteiger partial charge on any atom is -0.368 e. The van der Waals surface area contributed by atoms with E-state index in [1.807, 2.05) is 54.6 Å². The van der Waals surface area contributed by atoms with E-state index in [0.29, 0.717) is 0 Å². The fourth-order valence-corrected chi connectivity index (χ4v) is 4.94. The van der Waals surface area contributed by atoms with Crippen molar-refractivity contribution in [3.8, 4) is 0 Å². The van der Waals surface area contributed by atoms with Gasteiger partial charge in [0.25, 0.3) is 0 Å². The zero-order valence-electron chi connectivity index (χ0n) is 16.5. The number of Topliss-reactive ketones (excluding diaryl/α,β-unsaturated/α-hetero) is 1. The molecule has 3 rings (SSSR count). The normalized spacial score (nSPS) is 13.4. The first kappa shape index (κ1) is 21.8. The van der Waals surface area contributed by atoms with Crippen molar-refractivity contribution in [3.05, 3.63) is 108 Å². The van der Waals surface area contributed by atoms with Gasteiger partial charge in [0.15, 0.2) is 5.78 Å². The van der Waals surface area contributed by atoms with Crippen LogP contribution in [0.15, 0.2) is 91.0 Å². The summed E-state index contributed by atoms with van der Waals surface area (Å²) in [5.74, 6) is -1.17. The van der Waals surface area contributed by atoms with Crippen LogP contribution in [0.2, 0.25) is 0 Å². The maximum absolute atomic E-state index is 12.4. The summed E-state index contributed by atoms with van der Waals surface area (Å²) in [5.41, 5.74) is 20.1. The number of carbonyl (C=O) groups excluding carboxylic acids is 2. The molecule has 3 aromatic rings. The Hall–Kier alpha value is -2.93. The van der Waals surface area contributed by atoms with Crippen molar-refractivity contribution in [2.24, 2.45) is 17.2 Å². The second-order valence-corrected chi connectivity index (χ2v) is 8.21. The number of benzene rings is 3. The number of nitrogens with two attached hydrogens (primary N) is 3. The van der Waals surface area contributed by atoms with Crippen LogP contribution in [0, 0.1) is 0 Å². The standard InChI is InChI=1S/C24H25N3O2S/c25-20(22(28)21(26)23(27)29)16-30-24(17-10-4-1-5-11-17,18-12-6-2-7-13-18)19-14-8-3-9-15-19/h1-15,20-21H,16,25-26H2,(H2,27,29). The Morgan fingerprint density at radius 1 is 0.733 bits per heavy atom. The van der Waals surface area contributed by atoms with Gasteiger partial charge < -0.3 is 17.2 Å². The fraction of sp³-hybridized carbons (Fsp3) is 0.167. The van der Waals surface area contributed by atoms with Crippen molar-refractivity contribution in [3.63, 3.8) is 0 Å². The van der Waals surface area contributed by atoms with Crippen LogP contribution < -0.4 is 17.2 Å². The van der Waals surface area contributed by atoms with E-state index in [0.717, 1.165) is 16.7 Å². The molecule has 0 aliphatic heterocycles. The molecule has 2 unspecified atom stereocenters. The molecular weight excluding hydrogens is 394 g/mol. The molecule has 6 heteroatoms. The Balaban J connectivity index is 2.08. The number of rotatable bonds is 9. The van der Waals surface area contributed by atoms with Gasteiger partial charge in [0.1, 0.15) is 6.04 Å². The van der Waals surface area contributed by atoms with E-state index >= 15 is 0 Å². The predicted molar refractivity (Wildman–Crippen MR) is 122 cm³/mol. The lowest BCUT2D eigenvalue weighted by Crippen LogP contribution is -2.51. The van der Waals surface area contributed by atoms with Crippen LogP contribution in [-0.2, 0) is 14.3 Å². The second kappa shape index (κ2) is 9.71. The molecule has 1 amide bonds. The van der Waals surface area contributed by atoms with E-state index in [4.69, 9.17) is 17.2 Å². The lowest BCUT2D eigenvalue weighted by molar-refractivity contribution is -0.128. The highest BCUT2D eigenvalue weighted by Crippen LogP contribution is 2.48. The van der Waals surface area contributed by atoms with Crippen LogP contribution in [0.4, 0.5) is 0 Å². The van der Waals surface area contributed by atoms with Crippen molar-refractivity contribution in [2.45, 2.75) is 16.8 Å². The van der Waals surface area contributed by atoms with Gasteiger partial charge in [0.2, 0.25) is 5.91 Å². The number of primary amides is 1. The molecule has 2 atom stereocenters. The zero-order chi connectivity index (χ0) is 21.6. The topological polar surface area (TPSA) is 112 Å². The number of thioether (sulfide) groups is 1. The molecule has 0 saturated heterocycles. The Morgan fingerprint density at radius 3 is 1.43 bits per heavy atom. The molecule has 0 aliphatic rings. The van der Waals surface area contributed by atoms with Gasteiger partial charge in [-0.3, -0.25) is 9.59 Å². The third-order valence-electron chi connectivity index (χ3n) is 5.00. The number of hydrogen-bond acceptors (Lipinski definition) is 5. The van der Waals surface area contributed by atoms with Crippen LogP contribution in [0.25, 0.3) is 0 Å². The van der Waals surface area contributed by atoms with Gasteiger partial charge in [0, 0.05) is 5.75 Å². The summed E-state index contributed by atoms with van der Waals surface area (Å²) in [5, 5.41) is 0. The third-order valence-corrected chi connectivity index (χ3v) is 6.66. The van der Waals surface area contributed by atoms with E-state index in [9.17, 15) is 9.59 Å². The number of amides is 1. The lowest BCUT2D eigenvalue weighted by Gasteiger charge is -2.36. The molecule has 154 valence electrons. The van der Waals surface area contributed by atoms with Gasteiger partial charge in [-0.2, -0.15) is 0 Å². The molecular formula is C24H25N3O2S. The van der Waals surface area contributed by atoms with E-state index in [1.165, 1.54) is 0 Å². The Labute approximate surface area is 180 Å². The molecule has 6 N–H and O–H groups in total. The lowest BCUT2D eigenvalue weighted by atomic mass is 9.84. The van der Waals surface area contributed by atoms with Crippen LogP contribution in [0.3, 0.4) is 0 Å². The molecule has 0 saturated carbocycles. The Bertz CT molecular complexity index is 884. The van der Waals surface area contributed by atoms with E-state index in [-0.39, 0.29) is 5.75 Å². The summed E-state index contributed by atoms with van der Waals surface area (Å²) in [6, 6.07) is 27.9. The predicted octanol–water partition coefficient (Wildman–Crippen LogP) is 2.42. The largest absolute Gasteiger partial charge is 0.368 e. The minimum atomic E-state index is -1.40. The molecule has 5 nitrogen and oxygen atoms in total. The highest BCUT2D eigenvalue weighted by atomic mass is 32.2. The van der Waals surface area contributed by atoms with Crippen molar-refractivity contribution in [2.75, 3.05) is 5.75 Å². The van der Waals surface area contributed by atoms with Gasteiger partial charge in [-0.05, 0) is 16.7 Å². The summed E-state index contributed by atoms with van der Waals surface area (Å²) in [6.45, 7) is 0.